The van der Waals surface area contributed by atoms with Gasteiger partial charge in [-0.3, -0.25) is 0 Å². The normalized spacial score (nSPS) is 24.7. The molecule has 5 nitrogen and oxygen atoms in total. The molecule has 2 aromatic rings. The van der Waals surface area contributed by atoms with Gasteiger partial charge < -0.3 is 10.6 Å². The molecule has 1 aliphatic heterocycles. The number of hydrogen-bond acceptors (Lipinski definition) is 4. The number of piperidine rings is 1. The van der Waals surface area contributed by atoms with Crippen LogP contribution in [0.15, 0.2) is 22.8 Å². The van der Waals surface area contributed by atoms with Crippen LogP contribution in [-0.4, -0.2) is 33.7 Å². The van der Waals surface area contributed by atoms with E-state index in [4.69, 9.17) is 5.73 Å². The number of nitrogens with zero attached hydrogens (tertiary/aromatic N) is 4. The number of rotatable bonds is 1. The van der Waals surface area contributed by atoms with Crippen molar-refractivity contribution in [2.45, 2.75) is 19.4 Å². The highest BCUT2D eigenvalue weighted by molar-refractivity contribution is 9.10. The van der Waals surface area contributed by atoms with Gasteiger partial charge in [-0.15, -0.1) is 5.10 Å². The summed E-state index contributed by atoms with van der Waals surface area (Å²) in [6, 6.07) is 4.13. The Bertz CT molecular complexity index is 567. The highest BCUT2D eigenvalue weighted by Crippen LogP contribution is 2.21. The lowest BCUT2D eigenvalue weighted by Gasteiger charge is -2.34. The van der Waals surface area contributed by atoms with E-state index >= 15 is 0 Å². The Labute approximate surface area is 114 Å². The second-order valence-corrected chi connectivity index (χ2v) is 5.85. The Hall–Kier alpha value is -1.14. The number of pyridine rings is 1. The Morgan fingerprint density at radius 2 is 2.28 bits per heavy atom. The molecule has 1 aliphatic rings. The molecule has 0 aromatic carbocycles. The minimum atomic E-state index is 0.206. The maximum Gasteiger partial charge on any atom is 0.245 e. The van der Waals surface area contributed by atoms with Gasteiger partial charge in [0, 0.05) is 29.8 Å². The zero-order chi connectivity index (χ0) is 12.7. The summed E-state index contributed by atoms with van der Waals surface area (Å²) in [6.07, 6.45) is 3.01. The van der Waals surface area contributed by atoms with Crippen LogP contribution in [0.3, 0.4) is 0 Å². The van der Waals surface area contributed by atoms with Crippen molar-refractivity contribution in [3.05, 3.63) is 22.8 Å². The first-order valence-corrected chi connectivity index (χ1v) is 6.95. The van der Waals surface area contributed by atoms with Gasteiger partial charge in [0.1, 0.15) is 0 Å². The molecule has 1 saturated heterocycles. The van der Waals surface area contributed by atoms with Crippen LogP contribution in [0.25, 0.3) is 5.65 Å². The van der Waals surface area contributed by atoms with E-state index in [1.807, 2.05) is 18.3 Å². The molecule has 1 fully saturated rings. The summed E-state index contributed by atoms with van der Waals surface area (Å²) in [4.78, 5) is 6.71. The van der Waals surface area contributed by atoms with E-state index in [0.29, 0.717) is 5.92 Å². The first kappa shape index (κ1) is 11.9. The monoisotopic (exact) mass is 309 g/mol. The van der Waals surface area contributed by atoms with Crippen molar-refractivity contribution in [1.29, 1.82) is 0 Å². The topological polar surface area (TPSA) is 59.5 Å². The Morgan fingerprint density at radius 3 is 3.06 bits per heavy atom. The van der Waals surface area contributed by atoms with Crippen molar-refractivity contribution >= 4 is 27.5 Å². The smallest absolute Gasteiger partial charge is 0.245 e. The molecule has 3 heterocycles. The third-order valence-corrected chi connectivity index (χ3v) is 4.05. The van der Waals surface area contributed by atoms with Gasteiger partial charge in [-0.1, -0.05) is 6.92 Å². The van der Waals surface area contributed by atoms with Gasteiger partial charge in [0.05, 0.1) is 0 Å². The van der Waals surface area contributed by atoms with Gasteiger partial charge in [-0.05, 0) is 40.4 Å². The van der Waals surface area contributed by atoms with Crippen molar-refractivity contribution in [2.24, 2.45) is 11.7 Å². The summed E-state index contributed by atoms with van der Waals surface area (Å²) in [6.45, 7) is 4.02. The van der Waals surface area contributed by atoms with Crippen LogP contribution in [-0.2, 0) is 0 Å². The SMILES string of the molecule is CC1CCN(c2nc3ccc(Br)cn3n2)CC1N. The average Bonchev–Trinajstić information content (AvgIpc) is 2.75. The maximum absolute atomic E-state index is 6.11. The van der Waals surface area contributed by atoms with Gasteiger partial charge in [-0.25, -0.2) is 4.52 Å². The van der Waals surface area contributed by atoms with E-state index in [1.54, 1.807) is 4.52 Å². The molecular formula is C12H16BrN5. The number of halogens is 1. The lowest BCUT2D eigenvalue weighted by Crippen LogP contribution is -2.48. The van der Waals surface area contributed by atoms with Crippen molar-refractivity contribution < 1.29 is 0 Å². The van der Waals surface area contributed by atoms with Crippen molar-refractivity contribution in [2.75, 3.05) is 18.0 Å². The predicted octanol–water partition coefficient (Wildman–Crippen LogP) is 1.67. The molecule has 2 aromatic heterocycles. The highest BCUT2D eigenvalue weighted by Gasteiger charge is 2.25. The number of anilines is 1. The van der Waals surface area contributed by atoms with E-state index in [9.17, 15) is 0 Å². The van der Waals surface area contributed by atoms with Crippen LogP contribution in [0, 0.1) is 5.92 Å². The minimum absolute atomic E-state index is 0.206. The van der Waals surface area contributed by atoms with E-state index in [2.05, 4.69) is 37.8 Å². The zero-order valence-corrected chi connectivity index (χ0v) is 11.8. The molecule has 0 radical (unpaired) electrons. The van der Waals surface area contributed by atoms with Gasteiger partial charge in [0.15, 0.2) is 5.65 Å². The molecule has 96 valence electrons. The minimum Gasteiger partial charge on any atom is -0.338 e. The molecule has 6 heteroatoms. The van der Waals surface area contributed by atoms with Crippen LogP contribution in [0.4, 0.5) is 5.95 Å². The van der Waals surface area contributed by atoms with Crippen molar-refractivity contribution in [3.63, 3.8) is 0 Å². The zero-order valence-electron chi connectivity index (χ0n) is 10.3. The van der Waals surface area contributed by atoms with E-state index in [0.717, 1.165) is 35.6 Å². The molecule has 0 aliphatic carbocycles. The van der Waals surface area contributed by atoms with Crippen molar-refractivity contribution in [3.8, 4) is 0 Å². The van der Waals surface area contributed by atoms with Gasteiger partial charge >= 0.3 is 0 Å². The molecule has 2 unspecified atom stereocenters. The van der Waals surface area contributed by atoms with E-state index in [1.165, 1.54) is 0 Å². The number of nitrogens with two attached hydrogens (primary N) is 1. The Kier molecular flexibility index (Phi) is 2.99. The molecular weight excluding hydrogens is 294 g/mol. The highest BCUT2D eigenvalue weighted by atomic mass is 79.9. The first-order valence-electron chi connectivity index (χ1n) is 6.16. The van der Waals surface area contributed by atoms with Gasteiger partial charge in [0.2, 0.25) is 5.95 Å². The summed E-state index contributed by atoms with van der Waals surface area (Å²) in [7, 11) is 0. The first-order chi connectivity index (χ1) is 8.63. The quantitative estimate of drug-likeness (QED) is 0.870. The fraction of sp³-hybridized carbons (Fsp3) is 0.500. The standard InChI is InChI=1S/C12H16BrN5/c1-8-4-5-17(7-10(8)14)12-15-11-3-2-9(13)6-18(11)16-12/h2-3,6,8,10H,4-5,7,14H2,1H3. The lowest BCUT2D eigenvalue weighted by molar-refractivity contribution is 0.376. The lowest BCUT2D eigenvalue weighted by atomic mass is 9.95. The molecule has 0 bridgehead atoms. The summed E-state index contributed by atoms with van der Waals surface area (Å²) in [5.41, 5.74) is 6.97. The van der Waals surface area contributed by atoms with Crippen LogP contribution >= 0.6 is 15.9 Å². The summed E-state index contributed by atoms with van der Waals surface area (Å²) in [5.74, 6) is 1.35. The molecule has 3 rings (SSSR count). The van der Waals surface area contributed by atoms with Gasteiger partial charge in [0.25, 0.3) is 0 Å². The summed E-state index contributed by atoms with van der Waals surface area (Å²) in [5, 5.41) is 4.50. The third kappa shape index (κ3) is 2.10. The van der Waals surface area contributed by atoms with Crippen LogP contribution in [0.5, 0.6) is 0 Å². The Morgan fingerprint density at radius 1 is 1.44 bits per heavy atom. The predicted molar refractivity (Wildman–Crippen MR) is 74.7 cm³/mol. The average molecular weight is 310 g/mol. The Balaban J connectivity index is 1.90. The molecule has 2 N–H and O–H groups in total. The van der Waals surface area contributed by atoms with Gasteiger partial charge in [-0.2, -0.15) is 4.98 Å². The molecule has 18 heavy (non-hydrogen) atoms. The largest absolute Gasteiger partial charge is 0.338 e. The summed E-state index contributed by atoms with van der Waals surface area (Å²) < 4.78 is 2.79. The second-order valence-electron chi connectivity index (χ2n) is 4.94. The number of aromatic nitrogens is 3. The fourth-order valence-corrected chi connectivity index (χ4v) is 2.59. The number of fused-ring (bicyclic) bond motifs is 1. The maximum atomic E-state index is 6.11. The molecule has 0 saturated carbocycles. The molecule has 0 amide bonds. The van der Waals surface area contributed by atoms with Crippen LogP contribution in [0.2, 0.25) is 0 Å². The molecule has 0 spiro atoms. The third-order valence-electron chi connectivity index (χ3n) is 3.58. The second kappa shape index (κ2) is 4.51. The number of hydrogen-bond donors (Lipinski definition) is 1. The molecule has 2 atom stereocenters. The van der Waals surface area contributed by atoms with Crippen LogP contribution < -0.4 is 10.6 Å². The van der Waals surface area contributed by atoms with Crippen molar-refractivity contribution in [1.82, 2.24) is 14.6 Å². The summed E-state index contributed by atoms with van der Waals surface area (Å²) >= 11 is 3.43. The van der Waals surface area contributed by atoms with E-state index in [-0.39, 0.29) is 6.04 Å². The van der Waals surface area contributed by atoms with E-state index < -0.39 is 0 Å². The van der Waals surface area contributed by atoms with Crippen LogP contribution in [0.1, 0.15) is 13.3 Å². The fourth-order valence-electron chi connectivity index (χ4n) is 2.26.